The Morgan fingerprint density at radius 1 is 0.769 bits per heavy atom. The van der Waals surface area contributed by atoms with Crippen LogP contribution in [0.25, 0.3) is 11.0 Å². The van der Waals surface area contributed by atoms with Gasteiger partial charge in [-0.3, -0.25) is 4.90 Å². The summed E-state index contributed by atoms with van der Waals surface area (Å²) in [4.78, 5) is 9.55. The van der Waals surface area contributed by atoms with Crippen LogP contribution in [0.1, 0.15) is 69.8 Å². The number of unbranched alkanes of at least 4 members (excludes halogenated alkanes) is 7. The summed E-state index contributed by atoms with van der Waals surface area (Å²) < 4.78 is 38.8. The Balaban J connectivity index is 1.08. The Kier molecular flexibility index (Phi) is 11.4. The highest BCUT2D eigenvalue weighted by Gasteiger charge is 2.25. The Morgan fingerprint density at radius 3 is 2.26 bits per heavy atom. The summed E-state index contributed by atoms with van der Waals surface area (Å²) in [6.45, 7) is 6.40. The molecule has 214 valence electrons. The standard InChI is InChI=1S/C31H42ClF3N4/c32-27-14-15-29-30(24-27)39(25-36-29)18-9-8-17-37-19-21-38(22-20-37)28-13-10-12-26(23-28)11-6-4-2-1-3-5-7-16-31(33,34)35/h10,12-15,23-25H,1-9,11,16-22H2. The third-order valence-electron chi connectivity index (χ3n) is 7.78. The number of anilines is 1. The fourth-order valence-electron chi connectivity index (χ4n) is 5.50. The molecule has 1 aliphatic rings. The summed E-state index contributed by atoms with van der Waals surface area (Å²) in [6, 6.07) is 14.8. The van der Waals surface area contributed by atoms with Crippen molar-refractivity contribution in [3.05, 3.63) is 59.4 Å². The molecule has 0 saturated carbocycles. The molecule has 0 amide bonds. The molecule has 39 heavy (non-hydrogen) atoms. The first-order chi connectivity index (χ1) is 18.9. The van der Waals surface area contributed by atoms with Gasteiger partial charge in [-0.2, -0.15) is 13.2 Å². The number of fused-ring (bicyclic) bond motifs is 1. The average molecular weight is 563 g/mol. The van der Waals surface area contributed by atoms with Gasteiger partial charge in [-0.05, 0) is 74.5 Å². The maximum Gasteiger partial charge on any atom is 0.389 e. The second kappa shape index (κ2) is 14.9. The third kappa shape index (κ3) is 10.0. The highest BCUT2D eigenvalue weighted by molar-refractivity contribution is 6.31. The van der Waals surface area contributed by atoms with E-state index in [0.29, 0.717) is 6.42 Å². The predicted molar refractivity (Wildman–Crippen MR) is 156 cm³/mol. The number of hydrogen-bond donors (Lipinski definition) is 0. The van der Waals surface area contributed by atoms with E-state index in [2.05, 4.69) is 43.6 Å². The first-order valence-corrected chi connectivity index (χ1v) is 15.0. The zero-order valence-corrected chi connectivity index (χ0v) is 23.7. The van der Waals surface area contributed by atoms with Crippen LogP contribution < -0.4 is 4.90 Å². The number of aromatic nitrogens is 2. The lowest BCUT2D eigenvalue weighted by Gasteiger charge is -2.36. The molecule has 0 bridgehead atoms. The largest absolute Gasteiger partial charge is 0.389 e. The third-order valence-corrected chi connectivity index (χ3v) is 8.02. The maximum atomic E-state index is 12.2. The Bertz CT molecular complexity index is 1140. The monoisotopic (exact) mass is 562 g/mol. The van der Waals surface area contributed by atoms with Crippen LogP contribution in [0.2, 0.25) is 5.02 Å². The lowest BCUT2D eigenvalue weighted by molar-refractivity contribution is -0.135. The number of imidazole rings is 1. The van der Waals surface area contributed by atoms with E-state index >= 15 is 0 Å². The molecule has 3 aromatic rings. The minimum Gasteiger partial charge on any atom is -0.369 e. The molecule has 0 N–H and O–H groups in total. The molecule has 0 unspecified atom stereocenters. The van der Waals surface area contributed by atoms with Crippen LogP contribution in [-0.4, -0.2) is 53.4 Å². The second-order valence-corrected chi connectivity index (χ2v) is 11.3. The Morgan fingerprint density at radius 2 is 1.49 bits per heavy atom. The van der Waals surface area contributed by atoms with Gasteiger partial charge in [0.15, 0.2) is 0 Å². The van der Waals surface area contributed by atoms with Crippen LogP contribution >= 0.6 is 11.6 Å². The zero-order valence-electron chi connectivity index (χ0n) is 22.9. The van der Waals surface area contributed by atoms with E-state index in [0.717, 1.165) is 100 Å². The smallest absolute Gasteiger partial charge is 0.369 e. The van der Waals surface area contributed by atoms with E-state index in [1.807, 2.05) is 24.5 Å². The topological polar surface area (TPSA) is 24.3 Å². The van der Waals surface area contributed by atoms with Crippen molar-refractivity contribution in [2.24, 2.45) is 0 Å². The normalized spacial score (nSPS) is 14.9. The quantitative estimate of drug-likeness (QED) is 0.173. The number of nitrogens with zero attached hydrogens (tertiary/aromatic N) is 4. The fourth-order valence-corrected chi connectivity index (χ4v) is 5.67. The highest BCUT2D eigenvalue weighted by Crippen LogP contribution is 2.24. The van der Waals surface area contributed by atoms with Gasteiger partial charge in [0.2, 0.25) is 0 Å². The van der Waals surface area contributed by atoms with E-state index in [1.165, 1.54) is 17.7 Å². The Labute approximate surface area is 236 Å². The number of piperazine rings is 1. The van der Waals surface area contributed by atoms with Crippen molar-refractivity contribution < 1.29 is 13.2 Å². The molecule has 0 radical (unpaired) electrons. The second-order valence-electron chi connectivity index (χ2n) is 10.9. The summed E-state index contributed by atoms with van der Waals surface area (Å²) in [6.07, 6.45) is 6.94. The van der Waals surface area contributed by atoms with Crippen LogP contribution in [0.4, 0.5) is 18.9 Å². The zero-order chi connectivity index (χ0) is 27.5. The minimum atomic E-state index is -4.00. The van der Waals surface area contributed by atoms with Gasteiger partial charge < -0.3 is 9.47 Å². The van der Waals surface area contributed by atoms with Gasteiger partial charge in [0.1, 0.15) is 0 Å². The molecule has 2 aromatic carbocycles. The van der Waals surface area contributed by atoms with E-state index in [1.54, 1.807) is 0 Å². The molecule has 0 atom stereocenters. The summed E-state index contributed by atoms with van der Waals surface area (Å²) in [5.74, 6) is 0. The highest BCUT2D eigenvalue weighted by atomic mass is 35.5. The molecular formula is C31H42ClF3N4. The van der Waals surface area contributed by atoms with Crippen LogP contribution in [0.15, 0.2) is 48.8 Å². The van der Waals surface area contributed by atoms with Crippen LogP contribution in [0.3, 0.4) is 0 Å². The van der Waals surface area contributed by atoms with Crippen molar-refractivity contribution in [3.8, 4) is 0 Å². The first kappa shape index (κ1) is 29.7. The van der Waals surface area contributed by atoms with Crippen molar-refractivity contribution in [3.63, 3.8) is 0 Å². The van der Waals surface area contributed by atoms with Gasteiger partial charge in [0.25, 0.3) is 0 Å². The van der Waals surface area contributed by atoms with Crippen LogP contribution in [0.5, 0.6) is 0 Å². The summed E-state index contributed by atoms with van der Waals surface area (Å²) in [5, 5.41) is 0.752. The SMILES string of the molecule is FC(F)(F)CCCCCCCCCc1cccc(N2CCN(CCCCn3cnc4ccc(Cl)cc43)CC2)c1. The fraction of sp³-hybridized carbons (Fsp3) is 0.581. The van der Waals surface area contributed by atoms with Crippen molar-refractivity contribution in [1.82, 2.24) is 14.5 Å². The van der Waals surface area contributed by atoms with E-state index in [9.17, 15) is 13.2 Å². The van der Waals surface area contributed by atoms with E-state index < -0.39 is 12.6 Å². The molecule has 1 aliphatic heterocycles. The number of hydrogen-bond acceptors (Lipinski definition) is 3. The molecule has 0 aliphatic carbocycles. The van der Waals surface area contributed by atoms with E-state index in [-0.39, 0.29) is 6.42 Å². The van der Waals surface area contributed by atoms with Crippen molar-refractivity contribution in [1.29, 1.82) is 0 Å². The molecular weight excluding hydrogens is 521 g/mol. The van der Waals surface area contributed by atoms with Gasteiger partial charge >= 0.3 is 6.18 Å². The van der Waals surface area contributed by atoms with E-state index in [4.69, 9.17) is 11.6 Å². The average Bonchev–Trinajstić information content (AvgIpc) is 3.32. The van der Waals surface area contributed by atoms with Crippen molar-refractivity contribution in [2.75, 3.05) is 37.6 Å². The number of alkyl halides is 3. The molecule has 8 heteroatoms. The molecule has 4 nitrogen and oxygen atoms in total. The minimum absolute atomic E-state index is 0.268. The van der Waals surface area contributed by atoms with Crippen molar-refractivity contribution >= 4 is 28.3 Å². The molecule has 0 spiro atoms. The molecule has 4 rings (SSSR count). The summed E-state index contributed by atoms with van der Waals surface area (Å²) in [7, 11) is 0. The first-order valence-electron chi connectivity index (χ1n) is 14.6. The predicted octanol–water partition coefficient (Wildman–Crippen LogP) is 8.52. The number of benzene rings is 2. The van der Waals surface area contributed by atoms with Gasteiger partial charge in [0.05, 0.1) is 17.4 Å². The summed E-state index contributed by atoms with van der Waals surface area (Å²) in [5.41, 5.74) is 4.81. The van der Waals surface area contributed by atoms with Crippen LogP contribution in [-0.2, 0) is 13.0 Å². The van der Waals surface area contributed by atoms with Gasteiger partial charge in [-0.25, -0.2) is 4.98 Å². The number of halogens is 4. The van der Waals surface area contributed by atoms with Crippen molar-refractivity contribution in [2.45, 2.75) is 83.4 Å². The summed E-state index contributed by atoms with van der Waals surface area (Å²) >= 11 is 6.16. The Hall–Kier alpha value is -2.25. The number of aryl methyl sites for hydroxylation is 2. The molecule has 1 aromatic heterocycles. The molecule has 1 fully saturated rings. The van der Waals surface area contributed by atoms with Gasteiger partial charge in [-0.15, -0.1) is 0 Å². The lowest BCUT2D eigenvalue weighted by atomic mass is 10.0. The molecule has 2 heterocycles. The maximum absolute atomic E-state index is 12.2. The van der Waals surface area contributed by atoms with Crippen LogP contribution in [0, 0.1) is 0 Å². The lowest BCUT2D eigenvalue weighted by Crippen LogP contribution is -2.46. The van der Waals surface area contributed by atoms with Gasteiger partial charge in [-0.1, -0.05) is 55.8 Å². The molecule has 1 saturated heterocycles. The van der Waals surface area contributed by atoms with Gasteiger partial charge in [0, 0.05) is 49.9 Å². The number of rotatable bonds is 15.